The molecule has 0 aromatic heterocycles. The Morgan fingerprint density at radius 1 is 1.00 bits per heavy atom. The van der Waals surface area contributed by atoms with Crippen LogP contribution >= 0.6 is 0 Å². The third-order valence-corrected chi connectivity index (χ3v) is 6.53. The fourth-order valence-electron chi connectivity index (χ4n) is 4.65. The maximum Gasteiger partial charge on any atom is 0.234 e. The summed E-state index contributed by atoms with van der Waals surface area (Å²) in [6.07, 6.45) is 8.55. The van der Waals surface area contributed by atoms with Crippen LogP contribution in [0.4, 0.5) is 0 Å². The van der Waals surface area contributed by atoms with E-state index in [0.29, 0.717) is 25.2 Å². The van der Waals surface area contributed by atoms with Gasteiger partial charge in [0, 0.05) is 18.6 Å². The molecule has 0 spiro atoms. The fraction of sp³-hybridized carbons (Fsp3) is 0.696. The Morgan fingerprint density at radius 2 is 1.56 bits per heavy atom. The van der Waals surface area contributed by atoms with Crippen LogP contribution in [0.2, 0.25) is 0 Å². The lowest BCUT2D eigenvalue weighted by Crippen LogP contribution is -2.50. The topological polar surface area (TPSA) is 52.6 Å². The second-order valence-electron chi connectivity index (χ2n) is 8.81. The Morgan fingerprint density at radius 3 is 2.15 bits per heavy atom. The predicted molar refractivity (Wildman–Crippen MR) is 109 cm³/mol. The lowest BCUT2D eigenvalue weighted by Gasteiger charge is -2.42. The molecule has 0 bridgehead atoms. The zero-order valence-electron chi connectivity index (χ0n) is 17.0. The van der Waals surface area contributed by atoms with E-state index in [9.17, 15) is 9.90 Å². The highest BCUT2D eigenvalue weighted by Gasteiger charge is 2.32. The number of carbonyl (C=O) groups is 1. The number of carbonyl (C=O) groups excluding carboxylic acids is 1. The molecule has 4 heteroatoms. The molecule has 3 rings (SSSR count). The number of aliphatic hydroxyl groups is 1. The summed E-state index contributed by atoms with van der Waals surface area (Å²) >= 11 is 0. The van der Waals surface area contributed by atoms with Crippen LogP contribution in [0.15, 0.2) is 24.3 Å². The van der Waals surface area contributed by atoms with Crippen LogP contribution < -0.4 is 5.32 Å². The summed E-state index contributed by atoms with van der Waals surface area (Å²) < 4.78 is 0. The first-order valence-corrected chi connectivity index (χ1v) is 10.8. The minimum absolute atomic E-state index is 0.125. The molecule has 2 fully saturated rings. The van der Waals surface area contributed by atoms with E-state index in [2.05, 4.69) is 48.3 Å². The molecule has 2 saturated carbocycles. The van der Waals surface area contributed by atoms with E-state index in [1.165, 1.54) is 31.2 Å². The van der Waals surface area contributed by atoms with Crippen LogP contribution in [0.3, 0.4) is 0 Å². The van der Waals surface area contributed by atoms with Gasteiger partial charge in [0.05, 0.1) is 12.6 Å². The number of rotatable bonds is 6. The van der Waals surface area contributed by atoms with Gasteiger partial charge in [0.25, 0.3) is 0 Å². The van der Waals surface area contributed by atoms with Crippen LogP contribution in [0, 0.1) is 12.8 Å². The van der Waals surface area contributed by atoms with Gasteiger partial charge < -0.3 is 10.4 Å². The van der Waals surface area contributed by atoms with Gasteiger partial charge >= 0.3 is 0 Å². The molecule has 4 nitrogen and oxygen atoms in total. The van der Waals surface area contributed by atoms with Crippen molar-refractivity contribution in [3.8, 4) is 0 Å². The Hall–Kier alpha value is -1.39. The number of aliphatic hydroxyl groups excluding tert-OH is 1. The Labute approximate surface area is 164 Å². The Bertz CT molecular complexity index is 563. The molecule has 2 N–H and O–H groups in total. The smallest absolute Gasteiger partial charge is 0.234 e. The highest BCUT2D eigenvalue weighted by atomic mass is 16.3. The van der Waals surface area contributed by atoms with E-state index >= 15 is 0 Å². The van der Waals surface area contributed by atoms with Crippen molar-refractivity contribution in [1.82, 2.24) is 10.2 Å². The molecule has 27 heavy (non-hydrogen) atoms. The molecular weight excluding hydrogens is 336 g/mol. The zero-order chi connectivity index (χ0) is 19.2. The summed E-state index contributed by atoms with van der Waals surface area (Å²) in [6.45, 7) is 5.50. The zero-order valence-corrected chi connectivity index (χ0v) is 17.0. The standard InChI is InChI=1S/C23H36N2O2/c1-17-3-7-19(8-4-17)15-24-23(27)16-25(20-9-5-18(2)6-10-20)21-11-13-22(26)14-12-21/h3-4,7-8,18,20-22,26H,5-6,9-16H2,1-2H3,(H,24,27). The monoisotopic (exact) mass is 372 g/mol. The number of benzene rings is 1. The first-order chi connectivity index (χ1) is 13.0. The van der Waals surface area contributed by atoms with Gasteiger partial charge in [0.2, 0.25) is 5.91 Å². The quantitative estimate of drug-likeness (QED) is 0.799. The van der Waals surface area contributed by atoms with Crippen molar-refractivity contribution < 1.29 is 9.90 Å². The maximum absolute atomic E-state index is 12.7. The van der Waals surface area contributed by atoms with Gasteiger partial charge in [-0.2, -0.15) is 0 Å². The molecule has 0 saturated heterocycles. The first kappa shape index (κ1) is 20.3. The number of amides is 1. The molecule has 0 aliphatic heterocycles. The summed E-state index contributed by atoms with van der Waals surface area (Å²) in [4.78, 5) is 15.2. The molecule has 1 amide bonds. The molecule has 0 atom stereocenters. The minimum Gasteiger partial charge on any atom is -0.393 e. The number of hydrogen-bond donors (Lipinski definition) is 2. The van der Waals surface area contributed by atoms with E-state index in [4.69, 9.17) is 0 Å². The lowest BCUT2D eigenvalue weighted by atomic mass is 9.84. The molecule has 150 valence electrons. The van der Waals surface area contributed by atoms with E-state index in [0.717, 1.165) is 37.2 Å². The van der Waals surface area contributed by atoms with Gasteiger partial charge in [-0.15, -0.1) is 0 Å². The van der Waals surface area contributed by atoms with Crippen molar-refractivity contribution in [3.63, 3.8) is 0 Å². The van der Waals surface area contributed by atoms with Crippen molar-refractivity contribution in [3.05, 3.63) is 35.4 Å². The normalized spacial score (nSPS) is 28.9. The van der Waals surface area contributed by atoms with Crippen LogP contribution in [0.25, 0.3) is 0 Å². The number of nitrogens with zero attached hydrogens (tertiary/aromatic N) is 1. The van der Waals surface area contributed by atoms with Crippen LogP contribution in [-0.4, -0.2) is 40.6 Å². The molecule has 2 aliphatic carbocycles. The third kappa shape index (κ3) is 6.05. The van der Waals surface area contributed by atoms with E-state index < -0.39 is 0 Å². The van der Waals surface area contributed by atoms with E-state index in [-0.39, 0.29) is 12.0 Å². The summed E-state index contributed by atoms with van der Waals surface area (Å²) in [5, 5.41) is 13.0. The highest BCUT2D eigenvalue weighted by Crippen LogP contribution is 2.32. The van der Waals surface area contributed by atoms with E-state index in [1.54, 1.807) is 0 Å². The molecule has 0 unspecified atom stereocenters. The van der Waals surface area contributed by atoms with Crippen molar-refractivity contribution in [2.24, 2.45) is 5.92 Å². The molecule has 0 heterocycles. The van der Waals surface area contributed by atoms with Gasteiger partial charge in [-0.05, 0) is 69.8 Å². The molecule has 1 aromatic rings. The third-order valence-electron chi connectivity index (χ3n) is 6.53. The van der Waals surface area contributed by atoms with Crippen LogP contribution in [-0.2, 0) is 11.3 Å². The Balaban J connectivity index is 1.57. The Kier molecular flexibility index (Phi) is 7.31. The largest absolute Gasteiger partial charge is 0.393 e. The van der Waals surface area contributed by atoms with Crippen LogP contribution in [0.1, 0.15) is 69.4 Å². The van der Waals surface area contributed by atoms with Crippen molar-refractivity contribution in [1.29, 1.82) is 0 Å². The van der Waals surface area contributed by atoms with Crippen LogP contribution in [0.5, 0.6) is 0 Å². The maximum atomic E-state index is 12.7. The highest BCUT2D eigenvalue weighted by molar-refractivity contribution is 5.78. The lowest BCUT2D eigenvalue weighted by molar-refractivity contribution is -0.124. The van der Waals surface area contributed by atoms with Crippen molar-refractivity contribution in [2.75, 3.05) is 6.54 Å². The summed E-state index contributed by atoms with van der Waals surface area (Å²) in [5.41, 5.74) is 2.38. The van der Waals surface area contributed by atoms with Gasteiger partial charge in [-0.1, -0.05) is 36.8 Å². The predicted octanol–water partition coefficient (Wildman–Crippen LogP) is 3.80. The summed E-state index contributed by atoms with van der Waals surface area (Å²) in [6, 6.07) is 9.30. The minimum atomic E-state index is -0.148. The van der Waals surface area contributed by atoms with Crippen molar-refractivity contribution in [2.45, 2.75) is 89.9 Å². The van der Waals surface area contributed by atoms with Gasteiger partial charge in [-0.25, -0.2) is 0 Å². The van der Waals surface area contributed by atoms with Gasteiger partial charge in [0.1, 0.15) is 0 Å². The summed E-state index contributed by atoms with van der Waals surface area (Å²) in [7, 11) is 0. The van der Waals surface area contributed by atoms with Crippen molar-refractivity contribution >= 4 is 5.91 Å². The SMILES string of the molecule is Cc1ccc(CNC(=O)CN(C2CCC(C)CC2)C2CCC(O)CC2)cc1. The molecule has 1 aromatic carbocycles. The first-order valence-electron chi connectivity index (χ1n) is 10.8. The second-order valence-corrected chi connectivity index (χ2v) is 8.81. The molecule has 0 radical (unpaired) electrons. The average Bonchev–Trinajstić information content (AvgIpc) is 2.67. The second kappa shape index (κ2) is 9.70. The van der Waals surface area contributed by atoms with Gasteiger partial charge in [0.15, 0.2) is 0 Å². The molecule has 2 aliphatic rings. The fourth-order valence-corrected chi connectivity index (χ4v) is 4.65. The van der Waals surface area contributed by atoms with E-state index in [1.807, 2.05) is 0 Å². The van der Waals surface area contributed by atoms with Gasteiger partial charge in [-0.3, -0.25) is 9.69 Å². The summed E-state index contributed by atoms with van der Waals surface area (Å²) in [5.74, 6) is 0.937. The number of nitrogens with one attached hydrogen (secondary N) is 1. The molecular formula is C23H36N2O2. The number of aryl methyl sites for hydroxylation is 1. The average molecular weight is 373 g/mol. The number of hydrogen-bond acceptors (Lipinski definition) is 3.